The number of benzene rings is 1. The quantitative estimate of drug-likeness (QED) is 0.866. The highest BCUT2D eigenvalue weighted by molar-refractivity contribution is 7.90. The fourth-order valence-corrected chi connectivity index (χ4v) is 2.67. The van der Waals surface area contributed by atoms with Crippen LogP contribution in [0.5, 0.6) is 0 Å². The Morgan fingerprint density at radius 2 is 1.68 bits per heavy atom. The number of aromatic nitrogens is 1. The highest BCUT2D eigenvalue weighted by atomic mass is 32.2. The fourth-order valence-electron chi connectivity index (χ4n) is 1.87. The minimum Gasteiger partial charge on any atom is -0.598 e. The molecule has 3 nitrogen and oxygen atoms in total. The van der Waals surface area contributed by atoms with Crippen molar-refractivity contribution in [2.45, 2.75) is 38.5 Å². The summed E-state index contributed by atoms with van der Waals surface area (Å²) in [4.78, 5) is 4.42. The minimum absolute atomic E-state index is 0.109. The summed E-state index contributed by atoms with van der Waals surface area (Å²) in [7, 11) is 0. The summed E-state index contributed by atoms with van der Waals surface area (Å²) < 4.78 is 27.8. The van der Waals surface area contributed by atoms with E-state index in [9.17, 15) is 8.94 Å². The topological polar surface area (TPSA) is 48.0 Å². The number of rotatable bonds is 4. The SMILES string of the molecule is C[C@H](N[S@@+]([O-])C(C)(C)C)c1ccc(-c2ccc(F)cc2)cn1. The predicted molar refractivity (Wildman–Crippen MR) is 89.1 cm³/mol. The molecule has 1 heterocycles. The van der Waals surface area contributed by atoms with Crippen molar-refractivity contribution in [3.63, 3.8) is 0 Å². The standard InChI is InChI=1S/C17H21FN2OS/c1-12(20-22(21)17(2,3)4)16-10-7-14(11-19-16)13-5-8-15(18)9-6-13/h5-12,20H,1-4H3/t12-,22-/m0/s1. The molecule has 1 aromatic heterocycles. The number of halogens is 1. The Balaban J connectivity index is 2.10. The zero-order chi connectivity index (χ0) is 16.3. The van der Waals surface area contributed by atoms with Crippen LogP contribution in [0.2, 0.25) is 0 Å². The lowest BCUT2D eigenvalue weighted by Crippen LogP contribution is -2.40. The number of hydrogen-bond donors (Lipinski definition) is 1. The lowest BCUT2D eigenvalue weighted by atomic mass is 10.1. The van der Waals surface area contributed by atoms with Gasteiger partial charge in [-0.1, -0.05) is 18.2 Å². The molecule has 118 valence electrons. The summed E-state index contributed by atoms with van der Waals surface area (Å²) in [5.74, 6) is -0.254. The van der Waals surface area contributed by atoms with Crippen LogP contribution in [0.25, 0.3) is 11.1 Å². The lowest BCUT2D eigenvalue weighted by molar-refractivity contribution is 0.529. The molecule has 0 aliphatic rings. The normalized spacial score (nSPS) is 14.6. The summed E-state index contributed by atoms with van der Waals surface area (Å²) >= 11 is -1.14. The Kier molecular flexibility index (Phi) is 5.21. The molecule has 2 atom stereocenters. The second-order valence-corrected chi connectivity index (χ2v) is 8.20. The van der Waals surface area contributed by atoms with Crippen molar-refractivity contribution in [1.29, 1.82) is 0 Å². The smallest absolute Gasteiger partial charge is 0.136 e. The van der Waals surface area contributed by atoms with Gasteiger partial charge in [-0.05, 0) is 51.5 Å². The van der Waals surface area contributed by atoms with E-state index < -0.39 is 11.4 Å². The average Bonchev–Trinajstić information content (AvgIpc) is 2.47. The molecule has 2 aromatic rings. The number of nitrogens with one attached hydrogen (secondary N) is 1. The molecule has 0 amide bonds. The first-order chi connectivity index (χ1) is 10.3. The molecule has 0 aliphatic carbocycles. The van der Waals surface area contributed by atoms with Crippen molar-refractivity contribution >= 4 is 11.4 Å². The maximum atomic E-state index is 12.9. The lowest BCUT2D eigenvalue weighted by Gasteiger charge is -2.26. The Labute approximate surface area is 134 Å². The van der Waals surface area contributed by atoms with Gasteiger partial charge in [0.25, 0.3) is 0 Å². The van der Waals surface area contributed by atoms with E-state index in [-0.39, 0.29) is 16.6 Å². The van der Waals surface area contributed by atoms with E-state index in [0.29, 0.717) is 0 Å². The molecule has 0 fully saturated rings. The molecular formula is C17H21FN2OS. The highest BCUT2D eigenvalue weighted by Crippen LogP contribution is 2.22. The van der Waals surface area contributed by atoms with Gasteiger partial charge in [0.05, 0.1) is 11.7 Å². The maximum Gasteiger partial charge on any atom is 0.136 e. The summed E-state index contributed by atoms with van der Waals surface area (Å²) in [6, 6.07) is 10.0. The Morgan fingerprint density at radius 1 is 1.09 bits per heavy atom. The molecule has 0 bridgehead atoms. The van der Waals surface area contributed by atoms with Gasteiger partial charge in [-0.15, -0.1) is 4.72 Å². The van der Waals surface area contributed by atoms with Crippen molar-refractivity contribution in [3.05, 3.63) is 54.1 Å². The second-order valence-electron chi connectivity index (χ2n) is 6.20. The summed E-state index contributed by atoms with van der Waals surface area (Å²) in [5.41, 5.74) is 2.66. The van der Waals surface area contributed by atoms with E-state index in [0.717, 1.165) is 16.8 Å². The molecule has 0 saturated heterocycles. The molecule has 0 spiro atoms. The van der Waals surface area contributed by atoms with Gasteiger partial charge in [0.1, 0.15) is 10.6 Å². The molecule has 0 unspecified atom stereocenters. The molecule has 5 heteroatoms. The minimum atomic E-state index is -1.14. The fraction of sp³-hybridized carbons (Fsp3) is 0.353. The van der Waals surface area contributed by atoms with Gasteiger partial charge in [0, 0.05) is 23.1 Å². The Hall–Kier alpha value is -1.43. The van der Waals surface area contributed by atoms with Gasteiger partial charge < -0.3 is 4.55 Å². The van der Waals surface area contributed by atoms with Crippen LogP contribution in [0, 0.1) is 5.82 Å². The van der Waals surface area contributed by atoms with E-state index in [1.165, 1.54) is 12.1 Å². The third kappa shape index (κ3) is 4.29. The summed E-state index contributed by atoms with van der Waals surface area (Å²) in [5, 5.41) is 0. The van der Waals surface area contributed by atoms with Crippen LogP contribution >= 0.6 is 0 Å². The van der Waals surface area contributed by atoms with E-state index in [1.807, 2.05) is 39.8 Å². The molecule has 0 saturated carbocycles. The molecule has 1 N–H and O–H groups in total. The van der Waals surface area contributed by atoms with Crippen molar-refractivity contribution in [2.75, 3.05) is 0 Å². The zero-order valence-electron chi connectivity index (χ0n) is 13.3. The predicted octanol–water partition coefficient (Wildman–Crippen LogP) is 4.00. The third-order valence-corrected chi connectivity index (χ3v) is 4.93. The van der Waals surface area contributed by atoms with E-state index in [4.69, 9.17) is 0 Å². The number of hydrogen-bond acceptors (Lipinski definition) is 3. The van der Waals surface area contributed by atoms with Crippen LogP contribution in [-0.2, 0) is 11.4 Å². The summed E-state index contributed by atoms with van der Waals surface area (Å²) in [6.07, 6.45) is 1.75. The largest absolute Gasteiger partial charge is 0.598 e. The molecule has 2 rings (SSSR count). The second kappa shape index (κ2) is 6.77. The van der Waals surface area contributed by atoms with Crippen molar-refractivity contribution in [2.24, 2.45) is 0 Å². The van der Waals surface area contributed by atoms with Crippen molar-refractivity contribution in [1.82, 2.24) is 9.71 Å². The molecule has 1 aromatic carbocycles. The van der Waals surface area contributed by atoms with E-state index >= 15 is 0 Å². The van der Waals surface area contributed by atoms with Crippen molar-refractivity contribution < 1.29 is 8.94 Å². The van der Waals surface area contributed by atoms with Crippen LogP contribution in [0.15, 0.2) is 42.6 Å². The first-order valence-corrected chi connectivity index (χ1v) is 8.32. The summed E-state index contributed by atoms with van der Waals surface area (Å²) in [6.45, 7) is 7.71. The van der Waals surface area contributed by atoms with E-state index in [2.05, 4.69) is 9.71 Å². The molecule has 0 radical (unpaired) electrons. The van der Waals surface area contributed by atoms with Gasteiger partial charge >= 0.3 is 0 Å². The van der Waals surface area contributed by atoms with Gasteiger partial charge in [-0.2, -0.15) is 0 Å². The van der Waals surface area contributed by atoms with Gasteiger partial charge in [0.15, 0.2) is 0 Å². The monoisotopic (exact) mass is 320 g/mol. The van der Waals surface area contributed by atoms with Gasteiger partial charge in [-0.25, -0.2) is 4.39 Å². The molecule has 22 heavy (non-hydrogen) atoms. The average molecular weight is 320 g/mol. The Bertz CT molecular complexity index is 608. The van der Waals surface area contributed by atoms with E-state index in [1.54, 1.807) is 18.3 Å². The number of nitrogens with zero attached hydrogens (tertiary/aromatic N) is 1. The van der Waals surface area contributed by atoms with Crippen molar-refractivity contribution in [3.8, 4) is 11.1 Å². The van der Waals surface area contributed by atoms with Crippen LogP contribution in [-0.4, -0.2) is 14.3 Å². The molecule has 0 aliphatic heterocycles. The van der Waals surface area contributed by atoms with Crippen LogP contribution < -0.4 is 4.72 Å². The number of pyridine rings is 1. The zero-order valence-corrected chi connectivity index (χ0v) is 14.1. The van der Waals surface area contributed by atoms with Crippen LogP contribution in [0.1, 0.15) is 39.4 Å². The highest BCUT2D eigenvalue weighted by Gasteiger charge is 2.28. The maximum absolute atomic E-state index is 12.9. The first-order valence-electron chi connectivity index (χ1n) is 7.17. The van der Waals surface area contributed by atoms with Crippen LogP contribution in [0.3, 0.4) is 0 Å². The van der Waals surface area contributed by atoms with Gasteiger partial charge in [0.2, 0.25) is 0 Å². The molecular weight excluding hydrogens is 299 g/mol. The third-order valence-electron chi connectivity index (χ3n) is 3.25. The first kappa shape index (κ1) is 16.9. The van der Waals surface area contributed by atoms with Gasteiger partial charge in [-0.3, -0.25) is 4.98 Å². The van der Waals surface area contributed by atoms with Crippen LogP contribution in [0.4, 0.5) is 4.39 Å². The Morgan fingerprint density at radius 3 is 2.18 bits per heavy atom.